The van der Waals surface area contributed by atoms with Gasteiger partial charge in [-0.2, -0.15) is 4.57 Å². The summed E-state index contributed by atoms with van der Waals surface area (Å²) in [6.07, 6.45) is 3.33. The topological polar surface area (TPSA) is 47.2 Å². The molecule has 114 valence electrons. The lowest BCUT2D eigenvalue weighted by atomic mass is 10.1. The lowest BCUT2D eigenvalue weighted by molar-refractivity contribution is -0.683. The second-order valence-corrected chi connectivity index (χ2v) is 10.9. The number of esters is 1. The fourth-order valence-electron chi connectivity index (χ4n) is 1.74. The number of halogens is 3. The summed E-state index contributed by atoms with van der Waals surface area (Å²) in [7, 11) is 0. The van der Waals surface area contributed by atoms with Crippen molar-refractivity contribution in [3.8, 4) is 0 Å². The van der Waals surface area contributed by atoms with E-state index in [2.05, 4.69) is 47.8 Å². The minimum Gasteiger partial charge on any atom is -0.423 e. The molecule has 2 rings (SSSR count). The number of carbonyl (C=O) groups excluding carboxylic acids is 2. The Morgan fingerprint density at radius 2 is 1.55 bits per heavy atom. The lowest BCUT2D eigenvalue weighted by Gasteiger charge is -2.12. The zero-order valence-corrected chi connectivity index (χ0v) is 16.0. The third kappa shape index (κ3) is 5.30. The number of carbonyl (C=O) groups is 2. The summed E-state index contributed by atoms with van der Waals surface area (Å²) < 4.78 is 5.67. The molecule has 22 heavy (non-hydrogen) atoms. The predicted octanol–water partition coefficient (Wildman–Crippen LogP) is 3.81. The van der Waals surface area contributed by atoms with Crippen molar-refractivity contribution in [1.82, 2.24) is 0 Å². The van der Waals surface area contributed by atoms with Crippen LogP contribution in [-0.4, -0.2) is 14.1 Å². The largest absolute Gasteiger partial charge is 0.423 e. The molecule has 0 atom stereocenters. The van der Waals surface area contributed by atoms with Crippen LogP contribution in [0.1, 0.15) is 20.7 Å². The van der Waals surface area contributed by atoms with E-state index in [1.807, 2.05) is 18.2 Å². The molecule has 0 aliphatic heterocycles. The van der Waals surface area contributed by atoms with Gasteiger partial charge in [-0.25, -0.2) is 4.79 Å². The van der Waals surface area contributed by atoms with Gasteiger partial charge in [0.25, 0.3) is 2.33 Å². The van der Waals surface area contributed by atoms with Gasteiger partial charge in [0.15, 0.2) is 12.4 Å². The van der Waals surface area contributed by atoms with E-state index in [0.29, 0.717) is 11.1 Å². The Morgan fingerprint density at radius 1 is 0.955 bits per heavy atom. The zero-order valence-electron chi connectivity index (χ0n) is 11.2. The maximum Gasteiger partial charge on any atom is 0.341 e. The number of Topliss-reactive ketones (excluding diaryl/α,β-unsaturated/α-hetero) is 1. The monoisotopic (exact) mass is 490 g/mol. The van der Waals surface area contributed by atoms with Crippen molar-refractivity contribution in [3.05, 3.63) is 66.0 Å². The van der Waals surface area contributed by atoms with Crippen molar-refractivity contribution in [1.29, 1.82) is 0 Å². The van der Waals surface area contributed by atoms with Crippen molar-refractivity contribution >= 4 is 59.5 Å². The average Bonchev–Trinajstić information content (AvgIpc) is 2.47. The molecule has 4 nitrogen and oxygen atoms in total. The number of hydrogen-bond donors (Lipinski definition) is 0. The van der Waals surface area contributed by atoms with E-state index in [1.165, 1.54) is 0 Å². The van der Waals surface area contributed by atoms with Gasteiger partial charge in [-0.05, 0) is 47.8 Å². The summed E-state index contributed by atoms with van der Waals surface area (Å²) in [4.78, 5) is 23.9. The molecule has 0 radical (unpaired) electrons. The van der Waals surface area contributed by atoms with Gasteiger partial charge in [-0.1, -0.05) is 30.3 Å². The van der Waals surface area contributed by atoms with Crippen LogP contribution in [0.2, 0.25) is 0 Å². The number of rotatable bonds is 4. The normalized spacial score (nSPS) is 11.0. The van der Waals surface area contributed by atoms with E-state index in [0.717, 1.165) is 0 Å². The van der Waals surface area contributed by atoms with Gasteiger partial charge in [0.2, 0.25) is 12.3 Å². The summed E-state index contributed by atoms with van der Waals surface area (Å²) in [6, 6.07) is 12.3. The van der Waals surface area contributed by atoms with Crippen LogP contribution in [0.3, 0.4) is 0 Å². The van der Waals surface area contributed by atoms with E-state index in [1.54, 1.807) is 41.2 Å². The van der Waals surface area contributed by atoms with Crippen LogP contribution in [0.25, 0.3) is 0 Å². The highest BCUT2D eigenvalue weighted by molar-refractivity contribution is 9.39. The molecular weight excluding hydrogens is 482 g/mol. The molecule has 0 bridgehead atoms. The Kier molecular flexibility index (Phi) is 5.88. The minimum atomic E-state index is -1.08. The summed E-state index contributed by atoms with van der Waals surface area (Å²) in [6.45, 7) is 0.207. The van der Waals surface area contributed by atoms with Gasteiger partial charge in [0.1, 0.15) is 0 Å². The molecule has 0 saturated carbocycles. The summed E-state index contributed by atoms with van der Waals surface area (Å²) in [5.41, 5.74) is 1.03. The number of pyridine rings is 1. The van der Waals surface area contributed by atoms with Gasteiger partial charge < -0.3 is 4.74 Å². The first-order valence-corrected chi connectivity index (χ1v) is 8.60. The van der Waals surface area contributed by atoms with Gasteiger partial charge in [0, 0.05) is 17.7 Å². The molecule has 2 aromatic rings. The van der Waals surface area contributed by atoms with Crippen molar-refractivity contribution in [2.75, 3.05) is 0 Å². The van der Waals surface area contributed by atoms with E-state index in [4.69, 9.17) is 4.74 Å². The Labute approximate surface area is 152 Å². The first-order chi connectivity index (χ1) is 10.3. The molecule has 1 aromatic heterocycles. The summed E-state index contributed by atoms with van der Waals surface area (Å²) in [5, 5.41) is 0. The van der Waals surface area contributed by atoms with Crippen LogP contribution in [0.5, 0.6) is 0 Å². The molecule has 0 spiro atoms. The molecule has 0 amide bonds. The molecule has 1 aromatic carbocycles. The lowest BCUT2D eigenvalue weighted by Crippen LogP contribution is -2.37. The van der Waals surface area contributed by atoms with Gasteiger partial charge >= 0.3 is 5.97 Å². The maximum absolute atomic E-state index is 12.1. The molecule has 0 N–H and O–H groups in total. The third-order valence-corrected chi connectivity index (χ3v) is 3.24. The number of ether oxygens (including phenoxy) is 1. The van der Waals surface area contributed by atoms with Crippen LogP contribution in [0, 0.1) is 0 Å². The number of benzene rings is 1. The van der Waals surface area contributed by atoms with Crippen molar-refractivity contribution in [2.45, 2.75) is 8.87 Å². The predicted molar refractivity (Wildman–Crippen MR) is 92.3 cm³/mol. The SMILES string of the molecule is O=C(C[n+]1ccc(C(=O)OC(Br)(Br)Br)cc1)c1ccccc1. The van der Waals surface area contributed by atoms with Gasteiger partial charge in [0.05, 0.1) is 5.56 Å². The Hall–Kier alpha value is -1.05. The molecular formula is C15H11Br3NO3+. The molecule has 0 saturated heterocycles. The Balaban J connectivity index is 2.03. The highest BCUT2D eigenvalue weighted by atomic mass is 80.0. The number of ketones is 1. The highest BCUT2D eigenvalue weighted by Crippen LogP contribution is 2.35. The van der Waals surface area contributed by atoms with E-state index < -0.39 is 8.30 Å². The third-order valence-electron chi connectivity index (χ3n) is 2.76. The Bertz CT molecular complexity index is 667. The van der Waals surface area contributed by atoms with Crippen molar-refractivity contribution < 1.29 is 18.9 Å². The second-order valence-electron chi connectivity index (χ2n) is 4.38. The molecule has 1 heterocycles. The maximum atomic E-state index is 12.1. The standard InChI is InChI=1S/C15H11Br3NO3/c16-15(17,18)22-14(21)12-6-8-19(9-7-12)10-13(20)11-4-2-1-3-5-11/h1-9H,10H2/q+1. The molecule has 0 fully saturated rings. The Morgan fingerprint density at radius 3 is 2.09 bits per heavy atom. The summed E-state index contributed by atoms with van der Waals surface area (Å²) in [5.74, 6) is -0.506. The smallest absolute Gasteiger partial charge is 0.341 e. The van der Waals surface area contributed by atoms with Gasteiger partial charge in [-0.15, -0.1) is 0 Å². The minimum absolute atomic E-state index is 0.00122. The fourth-order valence-corrected chi connectivity index (χ4v) is 2.19. The first kappa shape index (κ1) is 17.3. The molecule has 0 unspecified atom stereocenters. The van der Waals surface area contributed by atoms with Crippen LogP contribution in [-0.2, 0) is 11.3 Å². The number of nitrogens with zero attached hydrogens (tertiary/aromatic N) is 1. The number of hydrogen-bond acceptors (Lipinski definition) is 3. The van der Waals surface area contributed by atoms with Crippen molar-refractivity contribution in [3.63, 3.8) is 0 Å². The fraction of sp³-hybridized carbons (Fsp3) is 0.133. The molecule has 0 aliphatic rings. The van der Waals surface area contributed by atoms with Crippen molar-refractivity contribution in [2.24, 2.45) is 0 Å². The molecule has 7 heteroatoms. The van der Waals surface area contributed by atoms with E-state index in [-0.39, 0.29) is 12.3 Å². The summed E-state index contributed by atoms with van der Waals surface area (Å²) >= 11 is 9.27. The number of aromatic nitrogens is 1. The molecule has 0 aliphatic carbocycles. The van der Waals surface area contributed by atoms with E-state index >= 15 is 0 Å². The van der Waals surface area contributed by atoms with Crippen LogP contribution >= 0.6 is 47.8 Å². The first-order valence-electron chi connectivity index (χ1n) is 6.22. The average molecular weight is 493 g/mol. The van der Waals surface area contributed by atoms with Crippen LogP contribution < -0.4 is 4.57 Å². The van der Waals surface area contributed by atoms with Crippen LogP contribution in [0.4, 0.5) is 0 Å². The quantitative estimate of drug-likeness (QED) is 0.282. The highest BCUT2D eigenvalue weighted by Gasteiger charge is 2.24. The van der Waals surface area contributed by atoms with Gasteiger partial charge in [-0.3, -0.25) is 4.79 Å². The van der Waals surface area contributed by atoms with Crippen LogP contribution in [0.15, 0.2) is 54.9 Å². The van der Waals surface area contributed by atoms with E-state index in [9.17, 15) is 9.59 Å². The zero-order chi connectivity index (χ0) is 16.2. The second kappa shape index (κ2) is 7.48. The number of alkyl halides is 3.